The SMILES string of the molecule is CN=C(NCc1ccnc(OCC2CC2)c1)N(C)Cc1cc(Cl)cn1C.I. The number of hydrogen-bond donors (Lipinski definition) is 1. The molecule has 0 unspecified atom stereocenters. The van der Waals surface area contributed by atoms with Gasteiger partial charge in [-0.3, -0.25) is 4.99 Å². The van der Waals surface area contributed by atoms with Crippen LogP contribution in [0.5, 0.6) is 5.88 Å². The molecule has 0 saturated heterocycles. The number of aryl methyl sites for hydroxylation is 1. The van der Waals surface area contributed by atoms with Crippen LogP contribution >= 0.6 is 35.6 Å². The maximum absolute atomic E-state index is 6.06. The molecule has 0 aliphatic heterocycles. The second kappa shape index (κ2) is 10.2. The van der Waals surface area contributed by atoms with Crippen LogP contribution in [0.4, 0.5) is 0 Å². The molecule has 2 aromatic rings. The lowest BCUT2D eigenvalue weighted by Crippen LogP contribution is -2.38. The molecule has 0 amide bonds. The molecular weight excluding hydrogens is 477 g/mol. The monoisotopic (exact) mass is 503 g/mol. The van der Waals surface area contributed by atoms with Gasteiger partial charge in [0.05, 0.1) is 18.2 Å². The van der Waals surface area contributed by atoms with Crippen molar-refractivity contribution in [2.24, 2.45) is 18.0 Å². The van der Waals surface area contributed by atoms with Gasteiger partial charge in [0.15, 0.2) is 5.96 Å². The number of aromatic nitrogens is 2. The summed E-state index contributed by atoms with van der Waals surface area (Å²) in [5.41, 5.74) is 2.24. The molecule has 0 radical (unpaired) electrons. The Kier molecular flexibility index (Phi) is 8.22. The van der Waals surface area contributed by atoms with E-state index in [0.29, 0.717) is 12.4 Å². The zero-order chi connectivity index (χ0) is 18.5. The number of guanidine groups is 1. The first kappa shape index (κ1) is 21.8. The van der Waals surface area contributed by atoms with E-state index in [1.165, 1.54) is 12.8 Å². The first-order chi connectivity index (χ1) is 12.5. The number of nitrogens with zero attached hydrogens (tertiary/aromatic N) is 4. The van der Waals surface area contributed by atoms with Crippen molar-refractivity contribution in [3.63, 3.8) is 0 Å². The summed E-state index contributed by atoms with van der Waals surface area (Å²) in [6, 6.07) is 5.94. The van der Waals surface area contributed by atoms with Crippen LogP contribution < -0.4 is 10.1 Å². The highest BCUT2D eigenvalue weighted by Gasteiger charge is 2.22. The molecule has 1 fully saturated rings. The molecule has 2 aromatic heterocycles. The molecule has 6 nitrogen and oxygen atoms in total. The molecule has 0 bridgehead atoms. The van der Waals surface area contributed by atoms with Crippen molar-refractivity contribution in [1.82, 2.24) is 19.8 Å². The van der Waals surface area contributed by atoms with Gasteiger partial charge in [-0.15, -0.1) is 24.0 Å². The molecule has 1 saturated carbocycles. The van der Waals surface area contributed by atoms with E-state index >= 15 is 0 Å². The summed E-state index contributed by atoms with van der Waals surface area (Å²) in [5, 5.41) is 4.13. The normalized spacial score (nSPS) is 13.9. The maximum Gasteiger partial charge on any atom is 0.213 e. The van der Waals surface area contributed by atoms with Gasteiger partial charge in [-0.1, -0.05) is 11.6 Å². The molecule has 3 rings (SSSR count). The number of aliphatic imine (C=N–C) groups is 1. The van der Waals surface area contributed by atoms with Gasteiger partial charge in [0.2, 0.25) is 5.88 Å². The third-order valence-electron chi connectivity index (χ3n) is 4.46. The summed E-state index contributed by atoms with van der Waals surface area (Å²) in [6.07, 6.45) is 6.24. The Morgan fingerprint density at radius 3 is 2.85 bits per heavy atom. The Morgan fingerprint density at radius 1 is 1.44 bits per heavy atom. The van der Waals surface area contributed by atoms with Crippen LogP contribution in [-0.4, -0.2) is 41.1 Å². The number of rotatable bonds is 7. The van der Waals surface area contributed by atoms with Crippen molar-refractivity contribution < 1.29 is 4.74 Å². The zero-order valence-electron chi connectivity index (χ0n) is 16.0. The minimum Gasteiger partial charge on any atom is -0.477 e. The van der Waals surface area contributed by atoms with Crippen molar-refractivity contribution >= 4 is 41.5 Å². The number of pyridine rings is 1. The van der Waals surface area contributed by atoms with E-state index in [1.54, 1.807) is 13.2 Å². The third-order valence-corrected chi connectivity index (χ3v) is 4.67. The Balaban J connectivity index is 0.00000261. The third kappa shape index (κ3) is 6.57. The van der Waals surface area contributed by atoms with Gasteiger partial charge in [0.1, 0.15) is 0 Å². The second-order valence-corrected chi connectivity index (χ2v) is 7.21. The van der Waals surface area contributed by atoms with Crippen LogP contribution in [0.2, 0.25) is 5.02 Å². The predicted molar refractivity (Wildman–Crippen MR) is 120 cm³/mol. The number of halogens is 2. The highest BCUT2D eigenvalue weighted by atomic mass is 127. The van der Waals surface area contributed by atoms with Gasteiger partial charge in [0, 0.05) is 51.8 Å². The molecule has 8 heteroatoms. The Hall–Kier alpha value is -1.48. The second-order valence-electron chi connectivity index (χ2n) is 6.77. The minimum atomic E-state index is 0. The highest BCUT2D eigenvalue weighted by molar-refractivity contribution is 14.0. The van der Waals surface area contributed by atoms with Crippen LogP contribution in [0.1, 0.15) is 24.1 Å². The number of hydrogen-bond acceptors (Lipinski definition) is 3. The van der Waals surface area contributed by atoms with Crippen molar-refractivity contribution in [3.05, 3.63) is 46.9 Å². The lowest BCUT2D eigenvalue weighted by molar-refractivity contribution is 0.288. The van der Waals surface area contributed by atoms with Gasteiger partial charge < -0.3 is 19.5 Å². The Morgan fingerprint density at radius 2 is 2.22 bits per heavy atom. The summed E-state index contributed by atoms with van der Waals surface area (Å²) >= 11 is 6.06. The molecular formula is C19H27ClIN5O. The molecule has 1 aliphatic rings. The van der Waals surface area contributed by atoms with E-state index in [4.69, 9.17) is 16.3 Å². The van der Waals surface area contributed by atoms with Gasteiger partial charge in [0.25, 0.3) is 0 Å². The molecule has 0 aromatic carbocycles. The van der Waals surface area contributed by atoms with Crippen molar-refractivity contribution in [2.75, 3.05) is 20.7 Å². The fraction of sp³-hybridized carbons (Fsp3) is 0.474. The molecule has 2 heterocycles. The van der Waals surface area contributed by atoms with E-state index in [9.17, 15) is 0 Å². The average molecular weight is 504 g/mol. The molecule has 148 valence electrons. The molecule has 0 atom stereocenters. The Labute approximate surface area is 183 Å². The summed E-state index contributed by atoms with van der Waals surface area (Å²) < 4.78 is 7.78. The first-order valence-electron chi connectivity index (χ1n) is 8.85. The zero-order valence-corrected chi connectivity index (χ0v) is 19.1. The van der Waals surface area contributed by atoms with E-state index < -0.39 is 0 Å². The first-order valence-corrected chi connectivity index (χ1v) is 9.23. The number of ether oxygens (including phenoxy) is 1. The molecule has 1 N–H and O–H groups in total. The largest absolute Gasteiger partial charge is 0.477 e. The molecule has 0 spiro atoms. The lowest BCUT2D eigenvalue weighted by Gasteiger charge is -2.22. The smallest absolute Gasteiger partial charge is 0.213 e. The predicted octanol–water partition coefficient (Wildman–Crippen LogP) is 3.69. The van der Waals surface area contributed by atoms with Gasteiger partial charge in [-0.05, 0) is 36.5 Å². The summed E-state index contributed by atoms with van der Waals surface area (Å²) in [4.78, 5) is 10.7. The van der Waals surface area contributed by atoms with E-state index in [-0.39, 0.29) is 24.0 Å². The molecule has 27 heavy (non-hydrogen) atoms. The van der Waals surface area contributed by atoms with E-state index in [2.05, 4.69) is 20.2 Å². The summed E-state index contributed by atoms with van der Waals surface area (Å²) in [7, 11) is 5.78. The maximum atomic E-state index is 6.06. The van der Waals surface area contributed by atoms with Crippen molar-refractivity contribution in [1.29, 1.82) is 0 Å². The van der Waals surface area contributed by atoms with Gasteiger partial charge in [-0.25, -0.2) is 4.98 Å². The average Bonchev–Trinajstić information content (AvgIpc) is 3.39. The van der Waals surface area contributed by atoms with E-state index in [1.807, 2.05) is 43.1 Å². The van der Waals surface area contributed by atoms with Crippen molar-refractivity contribution in [3.8, 4) is 5.88 Å². The van der Waals surface area contributed by atoms with Gasteiger partial charge >= 0.3 is 0 Å². The molecule has 1 aliphatic carbocycles. The fourth-order valence-corrected chi connectivity index (χ4v) is 3.01. The standard InChI is InChI=1S/C19H26ClN5O.HI/c1-21-19(25(3)12-17-9-16(20)11-24(17)2)23-10-15-6-7-22-18(8-15)26-13-14-4-5-14;/h6-9,11,14H,4-5,10,12-13H2,1-3H3,(H,21,23);1H. The van der Waals surface area contributed by atoms with Gasteiger partial charge in [-0.2, -0.15) is 0 Å². The van der Waals surface area contributed by atoms with Crippen LogP contribution in [0, 0.1) is 5.92 Å². The quantitative estimate of drug-likeness (QED) is 0.356. The number of nitrogens with one attached hydrogen (secondary N) is 1. The van der Waals surface area contributed by atoms with Crippen LogP contribution in [0.25, 0.3) is 0 Å². The van der Waals surface area contributed by atoms with Crippen molar-refractivity contribution in [2.45, 2.75) is 25.9 Å². The minimum absolute atomic E-state index is 0. The van der Waals surface area contributed by atoms with Crippen LogP contribution in [0.15, 0.2) is 35.6 Å². The fourth-order valence-electron chi connectivity index (χ4n) is 2.73. The van der Waals surface area contributed by atoms with Crippen LogP contribution in [0.3, 0.4) is 0 Å². The topological polar surface area (TPSA) is 54.7 Å². The Bertz CT molecular complexity index is 775. The highest BCUT2D eigenvalue weighted by Crippen LogP contribution is 2.29. The summed E-state index contributed by atoms with van der Waals surface area (Å²) in [6.45, 7) is 2.15. The summed E-state index contributed by atoms with van der Waals surface area (Å²) in [5.74, 6) is 2.23. The van der Waals surface area contributed by atoms with E-state index in [0.717, 1.165) is 41.3 Å². The van der Waals surface area contributed by atoms with Crippen LogP contribution in [-0.2, 0) is 20.1 Å². The lowest BCUT2D eigenvalue weighted by atomic mass is 10.2.